The number of carbonyl (C=O) groups excluding carboxylic acids is 2. The van der Waals surface area contributed by atoms with Gasteiger partial charge in [0.2, 0.25) is 0 Å². The van der Waals surface area contributed by atoms with Crippen LogP contribution in [-0.2, 0) is 14.3 Å². The Bertz CT molecular complexity index is 431. The Morgan fingerprint density at radius 2 is 1.80 bits per heavy atom. The molecule has 0 aliphatic carbocycles. The second kappa shape index (κ2) is 7.65. The molecule has 0 heterocycles. The second-order valence-electron chi connectivity index (χ2n) is 5.17. The van der Waals surface area contributed by atoms with Crippen LogP contribution in [0.25, 0.3) is 0 Å². The van der Waals surface area contributed by atoms with Crippen LogP contribution < -0.4 is 4.74 Å². The first-order chi connectivity index (χ1) is 9.40. The van der Waals surface area contributed by atoms with Crippen LogP contribution in [0.1, 0.15) is 31.1 Å². The number of hydrogen-bond acceptors (Lipinski definition) is 5. The number of hydrogen-bond donors (Lipinski definition) is 0. The Morgan fingerprint density at radius 1 is 1.15 bits per heavy atom. The van der Waals surface area contributed by atoms with Gasteiger partial charge in [0.25, 0.3) is 0 Å². The van der Waals surface area contributed by atoms with Crippen LogP contribution in [-0.4, -0.2) is 37.7 Å². The Kier molecular flexibility index (Phi) is 6.18. The quantitative estimate of drug-likeness (QED) is 0.435. The Hall–Kier alpha value is -1.88. The fourth-order valence-electron chi connectivity index (χ4n) is 1.39. The molecule has 0 aromatic heterocycles. The maximum Gasteiger partial charge on any atom is 0.332 e. The molecule has 1 aromatic rings. The molecule has 0 aliphatic heterocycles. The summed E-state index contributed by atoms with van der Waals surface area (Å²) in [5.74, 6) is 0.254. The van der Waals surface area contributed by atoms with Crippen molar-refractivity contribution in [2.75, 3.05) is 19.8 Å². The molecule has 20 heavy (non-hydrogen) atoms. The lowest BCUT2D eigenvalue weighted by molar-refractivity contribution is -0.160. The molecule has 0 unspecified atom stereocenters. The van der Waals surface area contributed by atoms with Crippen molar-refractivity contribution >= 4 is 12.3 Å². The highest BCUT2D eigenvalue weighted by Crippen LogP contribution is 2.10. The van der Waals surface area contributed by atoms with Crippen LogP contribution in [0.15, 0.2) is 24.3 Å². The van der Waals surface area contributed by atoms with Crippen molar-refractivity contribution in [3.05, 3.63) is 29.8 Å². The van der Waals surface area contributed by atoms with Gasteiger partial charge >= 0.3 is 5.97 Å². The van der Waals surface area contributed by atoms with E-state index in [0.29, 0.717) is 17.9 Å². The van der Waals surface area contributed by atoms with E-state index in [-0.39, 0.29) is 13.2 Å². The summed E-state index contributed by atoms with van der Waals surface area (Å²) in [6.45, 7) is 5.92. The minimum Gasteiger partial charge on any atom is -0.491 e. The van der Waals surface area contributed by atoms with E-state index in [1.54, 1.807) is 45.0 Å². The molecule has 5 nitrogen and oxygen atoms in total. The number of benzene rings is 1. The third-order valence-electron chi connectivity index (χ3n) is 2.15. The third kappa shape index (κ3) is 6.89. The molecule has 0 atom stereocenters. The van der Waals surface area contributed by atoms with Gasteiger partial charge in [-0.2, -0.15) is 0 Å². The van der Waals surface area contributed by atoms with E-state index in [1.165, 1.54) is 0 Å². The van der Waals surface area contributed by atoms with E-state index in [4.69, 9.17) is 14.2 Å². The lowest BCUT2D eigenvalue weighted by atomic mass is 10.2. The van der Waals surface area contributed by atoms with Gasteiger partial charge in [-0.05, 0) is 45.0 Å². The van der Waals surface area contributed by atoms with Crippen molar-refractivity contribution < 1.29 is 23.8 Å². The predicted molar refractivity (Wildman–Crippen MR) is 74.0 cm³/mol. The highest BCUT2D eigenvalue weighted by molar-refractivity contribution is 5.74. The number of aldehydes is 1. The highest BCUT2D eigenvalue weighted by atomic mass is 16.6. The first-order valence-electron chi connectivity index (χ1n) is 6.38. The average molecular weight is 280 g/mol. The summed E-state index contributed by atoms with van der Waals surface area (Å²) >= 11 is 0. The lowest BCUT2D eigenvalue weighted by Gasteiger charge is -2.19. The van der Waals surface area contributed by atoms with Crippen LogP contribution in [0.3, 0.4) is 0 Å². The Morgan fingerprint density at radius 3 is 2.35 bits per heavy atom. The largest absolute Gasteiger partial charge is 0.491 e. The molecule has 0 saturated heterocycles. The fourth-order valence-corrected chi connectivity index (χ4v) is 1.39. The molecule has 110 valence electrons. The zero-order valence-electron chi connectivity index (χ0n) is 12.0. The number of esters is 1. The molecular formula is C15H20O5. The molecule has 0 radical (unpaired) electrons. The normalized spacial score (nSPS) is 10.9. The van der Waals surface area contributed by atoms with Gasteiger partial charge in [-0.3, -0.25) is 4.79 Å². The van der Waals surface area contributed by atoms with Gasteiger partial charge in [-0.15, -0.1) is 0 Å². The average Bonchev–Trinajstić information content (AvgIpc) is 2.37. The number of carbonyl (C=O) groups is 2. The fraction of sp³-hybridized carbons (Fsp3) is 0.467. The third-order valence-corrected chi connectivity index (χ3v) is 2.15. The summed E-state index contributed by atoms with van der Waals surface area (Å²) in [6, 6.07) is 6.75. The predicted octanol–water partition coefficient (Wildman–Crippen LogP) is 2.24. The van der Waals surface area contributed by atoms with Crippen LogP contribution in [0.4, 0.5) is 0 Å². The van der Waals surface area contributed by atoms with Gasteiger partial charge in [-0.1, -0.05) is 0 Å². The van der Waals surface area contributed by atoms with E-state index in [1.807, 2.05) is 0 Å². The van der Waals surface area contributed by atoms with E-state index in [0.717, 1.165) is 6.29 Å². The van der Waals surface area contributed by atoms with Gasteiger partial charge in [0.15, 0.2) is 0 Å². The van der Waals surface area contributed by atoms with Crippen molar-refractivity contribution in [1.29, 1.82) is 0 Å². The topological polar surface area (TPSA) is 61.8 Å². The van der Waals surface area contributed by atoms with Crippen molar-refractivity contribution in [2.24, 2.45) is 0 Å². The van der Waals surface area contributed by atoms with Crippen LogP contribution in [0.2, 0.25) is 0 Å². The summed E-state index contributed by atoms with van der Waals surface area (Å²) < 4.78 is 15.6. The SMILES string of the molecule is CC(C)(C)OC(=O)COCCOc1ccc(C=O)cc1. The molecule has 0 fully saturated rings. The molecule has 0 saturated carbocycles. The first kappa shape index (κ1) is 16.2. The molecule has 1 aromatic carbocycles. The highest BCUT2D eigenvalue weighted by Gasteiger charge is 2.15. The van der Waals surface area contributed by atoms with E-state index in [2.05, 4.69) is 0 Å². The minimum absolute atomic E-state index is 0.0925. The minimum atomic E-state index is -0.503. The molecule has 0 amide bonds. The summed E-state index contributed by atoms with van der Waals surface area (Å²) in [5, 5.41) is 0. The smallest absolute Gasteiger partial charge is 0.332 e. The van der Waals surface area contributed by atoms with Crippen molar-refractivity contribution in [2.45, 2.75) is 26.4 Å². The van der Waals surface area contributed by atoms with Gasteiger partial charge in [0.05, 0.1) is 6.61 Å². The van der Waals surface area contributed by atoms with E-state index >= 15 is 0 Å². The molecule has 5 heteroatoms. The van der Waals surface area contributed by atoms with Crippen LogP contribution in [0.5, 0.6) is 5.75 Å². The molecular weight excluding hydrogens is 260 g/mol. The van der Waals surface area contributed by atoms with Crippen molar-refractivity contribution in [1.82, 2.24) is 0 Å². The zero-order chi connectivity index (χ0) is 15.0. The monoisotopic (exact) mass is 280 g/mol. The van der Waals surface area contributed by atoms with E-state index in [9.17, 15) is 9.59 Å². The van der Waals surface area contributed by atoms with Crippen molar-refractivity contribution in [3.63, 3.8) is 0 Å². The maximum absolute atomic E-state index is 11.3. The number of ether oxygens (including phenoxy) is 3. The van der Waals surface area contributed by atoms with Gasteiger partial charge in [-0.25, -0.2) is 4.79 Å². The molecule has 1 rings (SSSR count). The molecule has 0 spiro atoms. The Labute approximate surface area is 118 Å². The summed E-state index contributed by atoms with van der Waals surface area (Å²) in [6.07, 6.45) is 0.772. The van der Waals surface area contributed by atoms with Gasteiger partial charge < -0.3 is 14.2 Å². The molecule has 0 aliphatic rings. The standard InChI is InChI=1S/C15H20O5/c1-15(2,3)20-14(17)11-18-8-9-19-13-6-4-12(10-16)5-7-13/h4-7,10H,8-9,11H2,1-3H3. The molecule has 0 bridgehead atoms. The van der Waals surface area contributed by atoms with Crippen molar-refractivity contribution in [3.8, 4) is 5.75 Å². The van der Waals surface area contributed by atoms with E-state index < -0.39 is 11.6 Å². The maximum atomic E-state index is 11.3. The lowest BCUT2D eigenvalue weighted by Crippen LogP contribution is -2.27. The summed E-state index contributed by atoms with van der Waals surface area (Å²) in [4.78, 5) is 21.8. The van der Waals surface area contributed by atoms with Crippen LogP contribution >= 0.6 is 0 Å². The van der Waals surface area contributed by atoms with Gasteiger partial charge in [0.1, 0.15) is 30.9 Å². The summed E-state index contributed by atoms with van der Waals surface area (Å²) in [5.41, 5.74) is 0.0931. The van der Waals surface area contributed by atoms with Gasteiger partial charge in [0, 0.05) is 5.56 Å². The number of rotatable bonds is 7. The summed E-state index contributed by atoms with van der Waals surface area (Å²) in [7, 11) is 0. The zero-order valence-corrected chi connectivity index (χ0v) is 12.0. The van der Waals surface area contributed by atoms with Crippen LogP contribution in [0, 0.1) is 0 Å². The first-order valence-corrected chi connectivity index (χ1v) is 6.38. The molecule has 0 N–H and O–H groups in total. The Balaban J connectivity index is 2.15. The second-order valence-corrected chi connectivity index (χ2v) is 5.17.